The van der Waals surface area contributed by atoms with Crippen molar-refractivity contribution in [3.05, 3.63) is 30.3 Å². The zero-order valence-electron chi connectivity index (χ0n) is 7.70. The zero-order valence-corrected chi connectivity index (χ0v) is 9.33. The summed E-state index contributed by atoms with van der Waals surface area (Å²) in [5.41, 5.74) is 0. The van der Waals surface area contributed by atoms with Gasteiger partial charge >= 0.3 is 10.4 Å². The van der Waals surface area contributed by atoms with Crippen LogP contribution in [-0.4, -0.2) is 25.3 Å². The highest BCUT2D eigenvalue weighted by molar-refractivity contribution is 8.02. The van der Waals surface area contributed by atoms with Gasteiger partial charge in [-0.15, -0.1) is 0 Å². The van der Waals surface area contributed by atoms with Crippen LogP contribution in [0, 0.1) is 0 Å². The van der Waals surface area contributed by atoms with Crippen molar-refractivity contribution in [1.29, 1.82) is 0 Å². The first kappa shape index (κ1) is 12.3. The van der Waals surface area contributed by atoms with Gasteiger partial charge in [0.15, 0.2) is 0 Å². The van der Waals surface area contributed by atoms with Gasteiger partial charge in [0.1, 0.15) is 5.75 Å². The molecule has 15 heavy (non-hydrogen) atoms. The van der Waals surface area contributed by atoms with Gasteiger partial charge in [-0.2, -0.15) is 12.0 Å². The quantitative estimate of drug-likeness (QED) is 0.469. The van der Waals surface area contributed by atoms with E-state index in [-0.39, 0.29) is 0 Å². The molecule has 1 rings (SSSR count). The Morgan fingerprint density at radius 1 is 1.27 bits per heavy atom. The van der Waals surface area contributed by atoms with Crippen molar-refractivity contribution in [3.8, 4) is 5.75 Å². The molecule has 0 aliphatic carbocycles. The van der Waals surface area contributed by atoms with Crippen LogP contribution in [0.25, 0.3) is 0 Å². The summed E-state index contributed by atoms with van der Waals surface area (Å²) in [6.45, 7) is 0.296. The lowest BCUT2D eigenvalue weighted by molar-refractivity contribution is 0.341. The standard InChI is InChI=1S/C8H10O5S2/c9-15(10,11)13-14-7-6-12-8-4-2-1-3-5-8/h1-5H,6-7H2,(H,9,10,11). The van der Waals surface area contributed by atoms with Gasteiger partial charge in [0.2, 0.25) is 0 Å². The van der Waals surface area contributed by atoms with E-state index in [0.717, 1.165) is 0 Å². The molecule has 0 amide bonds. The van der Waals surface area contributed by atoms with E-state index in [2.05, 4.69) is 3.63 Å². The van der Waals surface area contributed by atoms with Crippen LogP contribution in [0.3, 0.4) is 0 Å². The molecule has 1 aromatic rings. The van der Waals surface area contributed by atoms with E-state index in [9.17, 15) is 8.42 Å². The molecule has 1 aromatic carbocycles. The lowest BCUT2D eigenvalue weighted by Gasteiger charge is -2.04. The summed E-state index contributed by atoms with van der Waals surface area (Å²) in [7, 11) is -4.36. The van der Waals surface area contributed by atoms with Crippen molar-refractivity contribution in [2.45, 2.75) is 0 Å². The largest absolute Gasteiger partial charge is 0.493 e. The van der Waals surface area contributed by atoms with E-state index in [1.165, 1.54) is 0 Å². The summed E-state index contributed by atoms with van der Waals surface area (Å²) in [4.78, 5) is 0. The van der Waals surface area contributed by atoms with Gasteiger partial charge in [0.05, 0.1) is 12.4 Å². The van der Waals surface area contributed by atoms with Crippen LogP contribution in [0.4, 0.5) is 0 Å². The molecule has 7 heteroatoms. The van der Waals surface area contributed by atoms with Gasteiger partial charge in [-0.05, 0) is 12.1 Å². The van der Waals surface area contributed by atoms with Crippen LogP contribution < -0.4 is 4.74 Å². The molecular weight excluding hydrogens is 240 g/mol. The van der Waals surface area contributed by atoms with E-state index < -0.39 is 10.4 Å². The maximum absolute atomic E-state index is 10.1. The normalized spacial score (nSPS) is 11.3. The zero-order chi connectivity index (χ0) is 11.1. The van der Waals surface area contributed by atoms with Gasteiger partial charge in [-0.25, -0.2) is 0 Å². The number of rotatable bonds is 6. The third-order valence-corrected chi connectivity index (χ3v) is 2.72. The van der Waals surface area contributed by atoms with Gasteiger partial charge in [-0.3, -0.25) is 4.55 Å². The molecule has 1 N–H and O–H groups in total. The van der Waals surface area contributed by atoms with Crippen molar-refractivity contribution in [2.24, 2.45) is 0 Å². The number of hydrogen-bond donors (Lipinski definition) is 1. The van der Waals surface area contributed by atoms with Crippen LogP contribution in [0.5, 0.6) is 5.75 Å². The Bertz CT molecular complexity index is 375. The van der Waals surface area contributed by atoms with Gasteiger partial charge in [-0.1, -0.05) is 18.2 Å². The number of hydrogen-bond acceptors (Lipinski definition) is 5. The summed E-state index contributed by atoms with van der Waals surface area (Å²) in [5, 5.41) is 0. The molecule has 0 saturated heterocycles. The molecule has 0 atom stereocenters. The Kier molecular flexibility index (Phi) is 4.89. The molecule has 5 nitrogen and oxygen atoms in total. The minimum absolute atomic E-state index is 0.296. The second kappa shape index (κ2) is 5.96. The second-order valence-corrected chi connectivity index (χ2v) is 4.52. The SMILES string of the molecule is O=S(=O)(O)OSCCOc1ccccc1. The molecule has 0 spiro atoms. The third kappa shape index (κ3) is 6.34. The molecule has 0 aliphatic heterocycles. The number of ether oxygens (including phenoxy) is 1. The van der Waals surface area contributed by atoms with Crippen molar-refractivity contribution in [3.63, 3.8) is 0 Å². The molecule has 84 valence electrons. The fraction of sp³-hybridized carbons (Fsp3) is 0.250. The summed E-state index contributed by atoms with van der Waals surface area (Å²) < 4.78 is 37.8. The Hall–Kier alpha value is -0.760. The van der Waals surface area contributed by atoms with Crippen molar-refractivity contribution >= 4 is 22.4 Å². The van der Waals surface area contributed by atoms with E-state index in [4.69, 9.17) is 9.29 Å². The highest BCUT2D eigenvalue weighted by atomic mass is 32.3. The first-order valence-corrected chi connectivity index (χ1v) is 6.32. The van der Waals surface area contributed by atoms with Crippen LogP contribution in [0.1, 0.15) is 0 Å². The van der Waals surface area contributed by atoms with E-state index in [1.807, 2.05) is 18.2 Å². The summed E-state index contributed by atoms with van der Waals surface area (Å²) in [6.07, 6.45) is 0. The molecule has 0 aromatic heterocycles. The molecule has 0 saturated carbocycles. The van der Waals surface area contributed by atoms with Gasteiger partial charge < -0.3 is 4.74 Å². The monoisotopic (exact) mass is 250 g/mol. The predicted octanol–water partition coefficient (Wildman–Crippen LogP) is 1.53. The van der Waals surface area contributed by atoms with Crippen molar-refractivity contribution in [1.82, 2.24) is 0 Å². The third-order valence-electron chi connectivity index (χ3n) is 1.31. The Labute approximate surface area is 92.6 Å². The highest BCUT2D eigenvalue weighted by Crippen LogP contribution is 2.10. The fourth-order valence-corrected chi connectivity index (χ4v) is 1.72. The van der Waals surface area contributed by atoms with E-state index in [1.54, 1.807) is 12.1 Å². The average molecular weight is 250 g/mol. The molecule has 0 bridgehead atoms. The minimum atomic E-state index is -4.36. The lowest BCUT2D eigenvalue weighted by Crippen LogP contribution is -2.03. The molecule has 0 heterocycles. The van der Waals surface area contributed by atoms with Crippen molar-refractivity contribution < 1.29 is 21.3 Å². The Morgan fingerprint density at radius 3 is 2.53 bits per heavy atom. The van der Waals surface area contributed by atoms with Crippen LogP contribution in [0.2, 0.25) is 0 Å². The van der Waals surface area contributed by atoms with Crippen LogP contribution in [0.15, 0.2) is 30.3 Å². The first-order chi connectivity index (χ1) is 7.08. The smallest absolute Gasteiger partial charge is 0.408 e. The van der Waals surface area contributed by atoms with Gasteiger partial charge in [0, 0.05) is 12.0 Å². The van der Waals surface area contributed by atoms with Crippen LogP contribution >= 0.6 is 12.0 Å². The Balaban J connectivity index is 2.13. The summed E-state index contributed by atoms with van der Waals surface area (Å²) in [5.74, 6) is 0.999. The minimum Gasteiger partial charge on any atom is -0.493 e. The number of benzene rings is 1. The maximum Gasteiger partial charge on any atom is 0.408 e. The van der Waals surface area contributed by atoms with E-state index in [0.29, 0.717) is 30.2 Å². The van der Waals surface area contributed by atoms with Gasteiger partial charge in [0.25, 0.3) is 0 Å². The second-order valence-electron chi connectivity index (χ2n) is 2.48. The fourth-order valence-electron chi connectivity index (χ4n) is 0.805. The maximum atomic E-state index is 10.1. The predicted molar refractivity (Wildman–Crippen MR) is 57.0 cm³/mol. The first-order valence-electron chi connectivity index (χ1n) is 4.04. The summed E-state index contributed by atoms with van der Waals surface area (Å²) in [6, 6.07) is 9.10. The highest BCUT2D eigenvalue weighted by Gasteiger charge is 2.04. The number of para-hydroxylation sites is 1. The van der Waals surface area contributed by atoms with Crippen molar-refractivity contribution in [2.75, 3.05) is 12.4 Å². The lowest BCUT2D eigenvalue weighted by atomic mass is 10.3. The van der Waals surface area contributed by atoms with E-state index >= 15 is 0 Å². The average Bonchev–Trinajstić information content (AvgIpc) is 2.17. The molecule has 0 unspecified atom stereocenters. The van der Waals surface area contributed by atoms with Crippen LogP contribution in [-0.2, 0) is 14.0 Å². The molecular formula is C8H10O5S2. The Morgan fingerprint density at radius 2 is 1.93 bits per heavy atom. The molecule has 0 aliphatic rings. The molecule has 0 radical (unpaired) electrons. The molecule has 0 fully saturated rings. The summed E-state index contributed by atoms with van der Waals surface area (Å²) >= 11 is 0.616. The topological polar surface area (TPSA) is 72.8 Å².